The third-order valence-corrected chi connectivity index (χ3v) is 5.45. The van der Waals surface area contributed by atoms with Crippen molar-refractivity contribution in [2.75, 3.05) is 12.3 Å². The average Bonchev–Trinajstić information content (AvgIpc) is 2.51. The third kappa shape index (κ3) is 4.56. The number of hydrogen-bond acceptors (Lipinski definition) is 9. The van der Waals surface area contributed by atoms with Gasteiger partial charge >= 0.3 is 5.97 Å². The van der Waals surface area contributed by atoms with Gasteiger partial charge in [-0.1, -0.05) is 21.6 Å². The number of hydroxylamine groups is 1. The highest BCUT2D eigenvalue weighted by molar-refractivity contribution is 8.76. The van der Waals surface area contributed by atoms with Crippen LogP contribution in [-0.4, -0.2) is 56.8 Å². The molecule has 1 aromatic rings. The van der Waals surface area contributed by atoms with Crippen LogP contribution in [0.5, 0.6) is 0 Å². The van der Waals surface area contributed by atoms with Crippen LogP contribution in [0, 0.1) is 10.1 Å². The topological polar surface area (TPSA) is 142 Å². The van der Waals surface area contributed by atoms with Crippen molar-refractivity contribution in [3.05, 3.63) is 33.9 Å². The van der Waals surface area contributed by atoms with E-state index in [1.165, 1.54) is 33.7 Å². The van der Waals surface area contributed by atoms with Crippen molar-refractivity contribution in [3.8, 4) is 0 Å². The number of nitro benzene ring substituents is 1. The van der Waals surface area contributed by atoms with E-state index >= 15 is 0 Å². The van der Waals surface area contributed by atoms with Gasteiger partial charge in [0, 0.05) is 23.3 Å². The molecule has 126 valence electrons. The zero-order chi connectivity index (χ0) is 17.0. The highest BCUT2D eigenvalue weighted by Gasteiger charge is 2.31. The first kappa shape index (κ1) is 18.0. The van der Waals surface area contributed by atoms with E-state index in [0.717, 1.165) is 6.07 Å². The minimum absolute atomic E-state index is 0.139. The molecule has 1 aliphatic rings. The number of nitrogens with zero attached hydrogens (tertiary/aromatic N) is 1. The highest BCUT2D eigenvalue weighted by atomic mass is 33.1. The molecule has 1 aliphatic heterocycles. The zero-order valence-electron chi connectivity index (χ0n) is 11.6. The van der Waals surface area contributed by atoms with Crippen LogP contribution in [0.1, 0.15) is 10.4 Å². The Morgan fingerprint density at radius 3 is 2.87 bits per heavy atom. The third-order valence-electron chi connectivity index (χ3n) is 3.08. The molecular weight excluding hydrogens is 348 g/mol. The predicted molar refractivity (Wildman–Crippen MR) is 83.3 cm³/mol. The minimum atomic E-state index is -1.37. The Kier molecular flexibility index (Phi) is 6.21. The van der Waals surface area contributed by atoms with Gasteiger partial charge in [-0.2, -0.15) is 5.48 Å². The van der Waals surface area contributed by atoms with Crippen LogP contribution >= 0.6 is 21.6 Å². The van der Waals surface area contributed by atoms with Gasteiger partial charge in [0.25, 0.3) is 5.69 Å². The number of nitro groups is 1. The Bertz CT molecular complexity index is 601. The van der Waals surface area contributed by atoms with Gasteiger partial charge in [0.1, 0.15) is 17.8 Å². The zero-order valence-corrected chi connectivity index (χ0v) is 13.2. The van der Waals surface area contributed by atoms with Crippen molar-refractivity contribution in [1.29, 1.82) is 0 Å². The van der Waals surface area contributed by atoms with Gasteiger partial charge in [-0.15, -0.1) is 0 Å². The summed E-state index contributed by atoms with van der Waals surface area (Å²) in [7, 11) is 2.47. The van der Waals surface area contributed by atoms with Crippen molar-refractivity contribution >= 4 is 33.2 Å². The molecule has 0 unspecified atom stereocenters. The summed E-state index contributed by atoms with van der Waals surface area (Å²) in [5, 5.41) is 39.1. The fourth-order valence-electron chi connectivity index (χ4n) is 1.88. The lowest BCUT2D eigenvalue weighted by molar-refractivity contribution is -0.385. The molecule has 0 saturated carbocycles. The molecule has 0 bridgehead atoms. The Balaban J connectivity index is 1.97. The first-order valence-electron chi connectivity index (χ1n) is 6.46. The molecule has 0 amide bonds. The van der Waals surface area contributed by atoms with Crippen LogP contribution in [0.4, 0.5) is 5.69 Å². The van der Waals surface area contributed by atoms with E-state index in [1.54, 1.807) is 0 Å². The molecule has 0 aliphatic carbocycles. The molecule has 1 fully saturated rings. The lowest BCUT2D eigenvalue weighted by Crippen LogP contribution is -2.53. The van der Waals surface area contributed by atoms with E-state index in [0.29, 0.717) is 10.6 Å². The lowest BCUT2D eigenvalue weighted by Gasteiger charge is -2.31. The molecule has 23 heavy (non-hydrogen) atoms. The van der Waals surface area contributed by atoms with Crippen LogP contribution in [0.2, 0.25) is 0 Å². The largest absolute Gasteiger partial charge is 0.477 e. The summed E-state index contributed by atoms with van der Waals surface area (Å²) < 4.78 is 0. The minimum Gasteiger partial charge on any atom is -0.477 e. The van der Waals surface area contributed by atoms with Crippen molar-refractivity contribution in [1.82, 2.24) is 5.48 Å². The fourth-order valence-corrected chi connectivity index (χ4v) is 4.10. The Labute approximate surface area is 138 Å². The molecule has 4 N–H and O–H groups in total. The van der Waals surface area contributed by atoms with Gasteiger partial charge in [0.2, 0.25) is 0 Å². The molecule has 1 saturated heterocycles. The molecule has 0 aromatic heterocycles. The number of carboxylic acids is 1. The van der Waals surface area contributed by atoms with E-state index in [2.05, 4.69) is 5.48 Å². The van der Waals surface area contributed by atoms with E-state index in [4.69, 9.17) is 9.94 Å². The summed E-state index contributed by atoms with van der Waals surface area (Å²) in [5.41, 5.74) is 1.67. The predicted octanol–water partition coefficient (Wildman–Crippen LogP) is 0.658. The smallest absolute Gasteiger partial charge is 0.342 e. The van der Waals surface area contributed by atoms with E-state index in [-0.39, 0.29) is 12.1 Å². The summed E-state index contributed by atoms with van der Waals surface area (Å²) in [6.07, 6.45) is -2.55. The lowest BCUT2D eigenvalue weighted by atomic mass is 10.1. The fraction of sp³-hybridized carbons (Fsp3) is 0.417. The number of aliphatic hydroxyl groups excluding tert-OH is 2. The monoisotopic (exact) mass is 362 g/mol. The summed E-state index contributed by atoms with van der Waals surface area (Å²) >= 11 is 0. The van der Waals surface area contributed by atoms with Gasteiger partial charge in [0.05, 0.1) is 11.0 Å². The van der Waals surface area contributed by atoms with Gasteiger partial charge in [-0.25, -0.2) is 4.79 Å². The van der Waals surface area contributed by atoms with E-state index in [1.807, 2.05) is 0 Å². The Morgan fingerprint density at radius 1 is 1.48 bits per heavy atom. The molecule has 9 nitrogen and oxygen atoms in total. The van der Waals surface area contributed by atoms with Crippen LogP contribution in [-0.2, 0) is 4.84 Å². The summed E-state index contributed by atoms with van der Waals surface area (Å²) in [4.78, 5) is 26.8. The Hall–Kier alpha value is -1.37. The summed E-state index contributed by atoms with van der Waals surface area (Å²) in [5.74, 6) is -1.04. The van der Waals surface area contributed by atoms with Gasteiger partial charge in [0.15, 0.2) is 0 Å². The second-order valence-electron chi connectivity index (χ2n) is 4.67. The van der Waals surface area contributed by atoms with E-state index in [9.17, 15) is 25.1 Å². The average molecular weight is 362 g/mol. The number of nitrogens with one attached hydrogen (secondary N) is 1. The Morgan fingerprint density at radius 2 is 2.22 bits per heavy atom. The molecular formula is C12H14N2O7S2. The number of rotatable bonds is 6. The first-order chi connectivity index (χ1) is 10.9. The summed E-state index contributed by atoms with van der Waals surface area (Å²) in [6.45, 7) is 0.139. The van der Waals surface area contributed by atoms with Gasteiger partial charge in [-0.05, 0) is 12.1 Å². The van der Waals surface area contributed by atoms with Crippen LogP contribution in [0.25, 0.3) is 0 Å². The van der Waals surface area contributed by atoms with Gasteiger partial charge in [-0.3, -0.25) is 15.0 Å². The van der Waals surface area contributed by atoms with Gasteiger partial charge < -0.3 is 15.3 Å². The number of β-amino-alcohol motifs (C(OH)–C–C–N with tert-alkyl or cyclic N) is 1. The van der Waals surface area contributed by atoms with Crippen molar-refractivity contribution < 1.29 is 29.9 Å². The first-order valence-corrected chi connectivity index (χ1v) is 8.78. The number of aliphatic hydroxyl groups is 2. The highest BCUT2D eigenvalue weighted by Crippen LogP contribution is 2.35. The standard InChI is InChI=1S/C12H14N2O7S2/c15-9-4-13-21-10(11(9)16)5-22-23-6-1-2-8(14(19)20)7(3-6)12(17)18/h1-3,9-11,13,15-16H,4-5H2,(H,17,18)/t9-,10-,11-/m1/s1. The van der Waals surface area contributed by atoms with Crippen LogP contribution in [0.15, 0.2) is 23.1 Å². The number of hydrogen-bond donors (Lipinski definition) is 4. The molecule has 1 aromatic carbocycles. The molecule has 11 heteroatoms. The molecule has 1 heterocycles. The van der Waals surface area contributed by atoms with Crippen molar-refractivity contribution in [2.24, 2.45) is 0 Å². The maximum absolute atomic E-state index is 11.1. The maximum Gasteiger partial charge on any atom is 0.342 e. The summed E-state index contributed by atoms with van der Waals surface area (Å²) in [6, 6.07) is 3.82. The number of benzene rings is 1. The SMILES string of the molecule is O=C(O)c1cc(SSC[C@H]2ONC[C@@H](O)[C@H]2O)ccc1[N+](=O)[O-]. The van der Waals surface area contributed by atoms with E-state index < -0.39 is 34.9 Å². The molecule has 2 rings (SSSR count). The molecule has 0 radical (unpaired) electrons. The molecule has 3 atom stereocenters. The second-order valence-corrected chi connectivity index (χ2v) is 7.09. The van der Waals surface area contributed by atoms with Crippen LogP contribution in [0.3, 0.4) is 0 Å². The quantitative estimate of drug-likeness (QED) is 0.324. The molecule has 0 spiro atoms. The van der Waals surface area contributed by atoms with Crippen LogP contribution < -0.4 is 5.48 Å². The number of carbonyl (C=O) groups is 1. The normalized spacial score (nSPS) is 24.3. The maximum atomic E-state index is 11.1. The number of carboxylic acid groups (broad SMARTS) is 1. The van der Waals surface area contributed by atoms with Crippen molar-refractivity contribution in [3.63, 3.8) is 0 Å². The second kappa shape index (κ2) is 7.95. The number of aromatic carboxylic acids is 1. The van der Waals surface area contributed by atoms with Crippen molar-refractivity contribution in [2.45, 2.75) is 23.2 Å².